The molecule has 3 nitrogen and oxygen atoms in total. The van der Waals surface area contributed by atoms with Crippen LogP contribution in [-0.2, 0) is 4.79 Å². The second kappa shape index (κ2) is 5.42. The van der Waals surface area contributed by atoms with Crippen LogP contribution in [0, 0.1) is 5.92 Å². The van der Waals surface area contributed by atoms with Gasteiger partial charge in [0, 0.05) is 17.1 Å². The molecule has 1 heterocycles. The standard InChI is InChI=1S/C12H16Cl2N2O/c1-7(16-11(17)6-13)10-5-9(14)4-8-2-3-15-12(8)10/h4-5,7-8,12,15H,2-3,6H2,1H3,(H,16,17). The van der Waals surface area contributed by atoms with E-state index in [0.717, 1.165) is 23.6 Å². The fourth-order valence-corrected chi connectivity index (χ4v) is 2.89. The first-order valence-electron chi connectivity index (χ1n) is 5.79. The molecule has 0 spiro atoms. The number of carbonyl (C=O) groups excluding carboxylic acids is 1. The van der Waals surface area contributed by atoms with E-state index in [-0.39, 0.29) is 17.8 Å². The number of carbonyl (C=O) groups is 1. The van der Waals surface area contributed by atoms with Crippen LogP contribution in [0.5, 0.6) is 0 Å². The van der Waals surface area contributed by atoms with Gasteiger partial charge in [-0.05, 0) is 37.5 Å². The van der Waals surface area contributed by atoms with Crippen molar-refractivity contribution in [3.63, 3.8) is 0 Å². The minimum Gasteiger partial charge on any atom is -0.349 e. The molecular weight excluding hydrogens is 259 g/mol. The first kappa shape index (κ1) is 12.9. The molecule has 1 saturated heterocycles. The zero-order chi connectivity index (χ0) is 12.4. The third kappa shape index (κ3) is 2.84. The molecule has 2 N–H and O–H groups in total. The number of hydrogen-bond acceptors (Lipinski definition) is 2. The first-order chi connectivity index (χ1) is 8.11. The summed E-state index contributed by atoms with van der Waals surface area (Å²) in [5.41, 5.74) is 1.14. The first-order valence-corrected chi connectivity index (χ1v) is 6.70. The lowest BCUT2D eigenvalue weighted by Crippen LogP contribution is -2.43. The summed E-state index contributed by atoms with van der Waals surface area (Å²) in [5.74, 6) is 0.279. The largest absolute Gasteiger partial charge is 0.349 e. The fraction of sp³-hybridized carbons (Fsp3) is 0.583. The number of hydrogen-bond donors (Lipinski definition) is 2. The molecule has 0 aromatic heterocycles. The summed E-state index contributed by atoms with van der Waals surface area (Å²) < 4.78 is 0. The van der Waals surface area contributed by atoms with Crippen LogP contribution in [0.4, 0.5) is 0 Å². The van der Waals surface area contributed by atoms with Crippen molar-refractivity contribution in [1.29, 1.82) is 0 Å². The number of halogens is 2. The highest BCUT2D eigenvalue weighted by Gasteiger charge is 2.33. The quantitative estimate of drug-likeness (QED) is 0.771. The molecule has 3 atom stereocenters. The predicted molar refractivity (Wildman–Crippen MR) is 70.2 cm³/mol. The van der Waals surface area contributed by atoms with E-state index in [2.05, 4.69) is 16.7 Å². The number of alkyl halides is 1. The minimum absolute atomic E-state index is 0.0112. The third-order valence-electron chi connectivity index (χ3n) is 3.31. The van der Waals surface area contributed by atoms with E-state index in [0.29, 0.717) is 12.0 Å². The molecule has 1 aliphatic heterocycles. The van der Waals surface area contributed by atoms with Gasteiger partial charge in [0.25, 0.3) is 0 Å². The molecule has 0 aromatic rings. The molecule has 94 valence electrons. The van der Waals surface area contributed by atoms with E-state index in [4.69, 9.17) is 23.2 Å². The van der Waals surface area contributed by atoms with E-state index >= 15 is 0 Å². The van der Waals surface area contributed by atoms with Crippen LogP contribution in [0.2, 0.25) is 0 Å². The highest BCUT2D eigenvalue weighted by atomic mass is 35.5. The lowest BCUT2D eigenvalue weighted by atomic mass is 9.86. The van der Waals surface area contributed by atoms with Crippen molar-refractivity contribution in [2.45, 2.75) is 25.4 Å². The summed E-state index contributed by atoms with van der Waals surface area (Å²) in [6.45, 7) is 2.95. The van der Waals surface area contributed by atoms with Crippen LogP contribution >= 0.6 is 23.2 Å². The lowest BCUT2D eigenvalue weighted by Gasteiger charge is -2.29. The molecule has 2 aliphatic rings. The zero-order valence-corrected chi connectivity index (χ0v) is 11.2. The van der Waals surface area contributed by atoms with Gasteiger partial charge in [0.05, 0.1) is 0 Å². The Morgan fingerprint density at radius 3 is 3.18 bits per heavy atom. The van der Waals surface area contributed by atoms with Gasteiger partial charge in [0.2, 0.25) is 5.91 Å². The Labute approximate surface area is 111 Å². The molecular formula is C12H16Cl2N2O. The van der Waals surface area contributed by atoms with Crippen molar-refractivity contribution < 1.29 is 4.79 Å². The molecule has 0 radical (unpaired) electrons. The van der Waals surface area contributed by atoms with Gasteiger partial charge in [-0.2, -0.15) is 0 Å². The van der Waals surface area contributed by atoms with Crippen LogP contribution in [0.1, 0.15) is 13.3 Å². The van der Waals surface area contributed by atoms with Crippen LogP contribution in [0.25, 0.3) is 0 Å². The molecule has 2 rings (SSSR count). The minimum atomic E-state index is -0.153. The predicted octanol–water partition coefficient (Wildman–Crippen LogP) is 1.77. The maximum atomic E-state index is 11.3. The summed E-state index contributed by atoms with van der Waals surface area (Å²) in [7, 11) is 0. The van der Waals surface area contributed by atoms with Gasteiger partial charge in [-0.15, -0.1) is 11.6 Å². The maximum Gasteiger partial charge on any atom is 0.235 e. The second-order valence-corrected chi connectivity index (χ2v) is 5.21. The fourth-order valence-electron chi connectivity index (χ4n) is 2.53. The number of rotatable bonds is 3. The number of amides is 1. The Morgan fingerprint density at radius 1 is 1.71 bits per heavy atom. The molecule has 17 heavy (non-hydrogen) atoms. The van der Waals surface area contributed by atoms with Crippen LogP contribution in [-0.4, -0.2) is 30.4 Å². The van der Waals surface area contributed by atoms with Crippen molar-refractivity contribution in [3.05, 3.63) is 22.8 Å². The monoisotopic (exact) mass is 274 g/mol. The van der Waals surface area contributed by atoms with Crippen LogP contribution < -0.4 is 10.6 Å². The SMILES string of the molecule is CC(NC(=O)CCl)C1=CC(Cl)=CC2CCNC12. The third-order valence-corrected chi connectivity index (χ3v) is 3.78. The smallest absolute Gasteiger partial charge is 0.235 e. The molecule has 1 aliphatic carbocycles. The van der Waals surface area contributed by atoms with Crippen LogP contribution in [0.15, 0.2) is 22.8 Å². The van der Waals surface area contributed by atoms with E-state index in [1.165, 1.54) is 0 Å². The van der Waals surface area contributed by atoms with Gasteiger partial charge >= 0.3 is 0 Å². The Morgan fingerprint density at radius 2 is 2.47 bits per heavy atom. The molecule has 1 fully saturated rings. The lowest BCUT2D eigenvalue weighted by molar-refractivity contribution is -0.119. The van der Waals surface area contributed by atoms with Gasteiger partial charge in [0.1, 0.15) is 5.88 Å². The van der Waals surface area contributed by atoms with Crippen molar-refractivity contribution in [3.8, 4) is 0 Å². The van der Waals surface area contributed by atoms with Crippen LogP contribution in [0.3, 0.4) is 0 Å². The highest BCUT2D eigenvalue weighted by Crippen LogP contribution is 2.32. The second-order valence-electron chi connectivity index (χ2n) is 4.50. The van der Waals surface area contributed by atoms with Gasteiger partial charge in [-0.3, -0.25) is 4.79 Å². The Bertz CT molecular complexity index is 379. The Balaban J connectivity index is 2.13. The van der Waals surface area contributed by atoms with Gasteiger partial charge in [-0.1, -0.05) is 17.7 Å². The summed E-state index contributed by atoms with van der Waals surface area (Å²) in [6.07, 6.45) is 5.13. The van der Waals surface area contributed by atoms with E-state index < -0.39 is 0 Å². The van der Waals surface area contributed by atoms with Crippen molar-refractivity contribution in [1.82, 2.24) is 10.6 Å². The number of fused-ring (bicyclic) bond motifs is 1. The molecule has 3 unspecified atom stereocenters. The van der Waals surface area contributed by atoms with E-state index in [1.807, 2.05) is 13.0 Å². The summed E-state index contributed by atoms with van der Waals surface area (Å²) in [6, 6.07) is 0.255. The highest BCUT2D eigenvalue weighted by molar-refractivity contribution is 6.31. The average Bonchev–Trinajstić information content (AvgIpc) is 2.75. The molecule has 0 bridgehead atoms. The number of nitrogens with one attached hydrogen (secondary N) is 2. The number of allylic oxidation sites excluding steroid dienone is 2. The molecule has 1 amide bonds. The molecule has 5 heteroatoms. The van der Waals surface area contributed by atoms with E-state index in [1.54, 1.807) is 0 Å². The Kier molecular flexibility index (Phi) is 4.13. The maximum absolute atomic E-state index is 11.3. The molecule has 0 aromatic carbocycles. The van der Waals surface area contributed by atoms with Gasteiger partial charge in [0.15, 0.2) is 0 Å². The van der Waals surface area contributed by atoms with Crippen molar-refractivity contribution in [2.24, 2.45) is 5.92 Å². The van der Waals surface area contributed by atoms with E-state index in [9.17, 15) is 4.79 Å². The summed E-state index contributed by atoms with van der Waals surface area (Å²) >= 11 is 11.6. The topological polar surface area (TPSA) is 41.1 Å². The van der Waals surface area contributed by atoms with Gasteiger partial charge in [-0.25, -0.2) is 0 Å². The zero-order valence-electron chi connectivity index (χ0n) is 9.67. The van der Waals surface area contributed by atoms with Gasteiger partial charge < -0.3 is 10.6 Å². The molecule has 0 saturated carbocycles. The summed E-state index contributed by atoms with van der Waals surface area (Å²) in [5, 5.41) is 7.07. The summed E-state index contributed by atoms with van der Waals surface area (Å²) in [4.78, 5) is 11.3. The average molecular weight is 275 g/mol. The normalized spacial score (nSPS) is 29.1. The van der Waals surface area contributed by atoms with Crippen molar-refractivity contribution in [2.75, 3.05) is 12.4 Å². The van der Waals surface area contributed by atoms with Crippen molar-refractivity contribution >= 4 is 29.1 Å². The Hall–Kier alpha value is -0.510.